The number of nitrogens with zero attached hydrogens (tertiary/aromatic N) is 1. The predicted octanol–water partition coefficient (Wildman–Crippen LogP) is 4.40. The van der Waals surface area contributed by atoms with E-state index in [4.69, 9.17) is 5.73 Å². The molecule has 0 saturated carbocycles. The van der Waals surface area contributed by atoms with Crippen molar-refractivity contribution in [1.82, 2.24) is 0 Å². The normalized spacial score (nSPS) is 10.4. The minimum Gasteiger partial charge on any atom is -0.399 e. The van der Waals surface area contributed by atoms with E-state index in [0.29, 0.717) is 17.8 Å². The summed E-state index contributed by atoms with van der Waals surface area (Å²) in [5.74, 6) is -0.0157. The monoisotopic (exact) mass is 346 g/mol. The molecule has 0 unspecified atom stereocenters. The molecule has 21 heavy (non-hydrogen) atoms. The molecular weight excluding hydrogens is 328 g/mol. The van der Waals surface area contributed by atoms with Gasteiger partial charge in [0.25, 0.3) is 5.91 Å². The fraction of sp³-hybridized carbons (Fsp3) is 0.235. The molecule has 2 N–H and O–H groups in total. The van der Waals surface area contributed by atoms with Crippen molar-refractivity contribution in [2.75, 3.05) is 17.2 Å². The van der Waals surface area contributed by atoms with Crippen molar-refractivity contribution in [2.24, 2.45) is 0 Å². The lowest BCUT2D eigenvalue weighted by atomic mass is 10.1. The van der Waals surface area contributed by atoms with Gasteiger partial charge in [0.1, 0.15) is 0 Å². The summed E-state index contributed by atoms with van der Waals surface area (Å²) < 4.78 is 0.847. The molecule has 0 bridgehead atoms. The lowest BCUT2D eigenvalue weighted by Gasteiger charge is -2.23. The summed E-state index contributed by atoms with van der Waals surface area (Å²) in [6.07, 6.45) is 0.879. The van der Waals surface area contributed by atoms with E-state index in [0.717, 1.165) is 22.1 Å². The molecule has 0 saturated heterocycles. The number of benzene rings is 2. The molecule has 3 nitrogen and oxygen atoms in total. The molecule has 0 radical (unpaired) electrons. The first kappa shape index (κ1) is 15.6. The molecule has 0 aliphatic carbocycles. The highest BCUT2D eigenvalue weighted by atomic mass is 79.9. The molecule has 2 aromatic carbocycles. The third kappa shape index (κ3) is 3.45. The summed E-state index contributed by atoms with van der Waals surface area (Å²) in [5, 5.41) is 0. The summed E-state index contributed by atoms with van der Waals surface area (Å²) in [7, 11) is 0. The smallest absolute Gasteiger partial charge is 0.259 e. The highest BCUT2D eigenvalue weighted by molar-refractivity contribution is 9.10. The zero-order valence-corrected chi connectivity index (χ0v) is 13.9. The quantitative estimate of drug-likeness (QED) is 0.834. The van der Waals surface area contributed by atoms with Crippen molar-refractivity contribution in [2.45, 2.75) is 20.3 Å². The third-order valence-corrected chi connectivity index (χ3v) is 4.35. The molecule has 0 aliphatic heterocycles. The van der Waals surface area contributed by atoms with Crippen LogP contribution in [-0.4, -0.2) is 12.5 Å². The second-order valence-electron chi connectivity index (χ2n) is 4.99. The second kappa shape index (κ2) is 6.76. The number of nitrogens with two attached hydrogens (primary N) is 1. The van der Waals surface area contributed by atoms with E-state index in [1.165, 1.54) is 0 Å². The molecule has 2 aromatic rings. The largest absolute Gasteiger partial charge is 0.399 e. The number of aryl methyl sites for hydroxylation is 1. The van der Waals surface area contributed by atoms with Crippen molar-refractivity contribution < 1.29 is 4.79 Å². The lowest BCUT2D eigenvalue weighted by Crippen LogP contribution is -2.32. The van der Waals surface area contributed by atoms with Gasteiger partial charge < -0.3 is 10.6 Å². The molecule has 0 aliphatic rings. The summed E-state index contributed by atoms with van der Waals surface area (Å²) in [6, 6.07) is 13.1. The van der Waals surface area contributed by atoms with Gasteiger partial charge in [-0.2, -0.15) is 0 Å². The Hall–Kier alpha value is -1.81. The van der Waals surface area contributed by atoms with Crippen LogP contribution in [0.1, 0.15) is 29.3 Å². The third-order valence-electron chi connectivity index (χ3n) is 3.30. The standard InChI is InChI=1S/C17H19BrN2O/c1-3-10-20(14-8-5-7-13(19)11-14)17(21)15-9-4-6-12(2)16(15)18/h4-9,11H,3,10,19H2,1-2H3. The van der Waals surface area contributed by atoms with Gasteiger partial charge in [0.2, 0.25) is 0 Å². The van der Waals surface area contributed by atoms with Gasteiger partial charge in [-0.05, 0) is 59.1 Å². The molecule has 0 fully saturated rings. The summed E-state index contributed by atoms with van der Waals surface area (Å²) in [6.45, 7) is 4.69. The summed E-state index contributed by atoms with van der Waals surface area (Å²) >= 11 is 3.52. The highest BCUT2D eigenvalue weighted by Gasteiger charge is 2.20. The van der Waals surface area contributed by atoms with Gasteiger partial charge in [0.05, 0.1) is 5.56 Å². The summed E-state index contributed by atoms with van der Waals surface area (Å²) in [5.41, 5.74) is 9.04. The van der Waals surface area contributed by atoms with E-state index in [1.54, 1.807) is 4.90 Å². The number of hydrogen-bond acceptors (Lipinski definition) is 2. The van der Waals surface area contributed by atoms with Gasteiger partial charge in [-0.15, -0.1) is 0 Å². The lowest BCUT2D eigenvalue weighted by molar-refractivity contribution is 0.0986. The number of amides is 1. The Morgan fingerprint density at radius 2 is 1.95 bits per heavy atom. The molecule has 110 valence electrons. The zero-order valence-electron chi connectivity index (χ0n) is 12.3. The van der Waals surface area contributed by atoms with Crippen LogP contribution in [0.4, 0.5) is 11.4 Å². The average molecular weight is 347 g/mol. The highest BCUT2D eigenvalue weighted by Crippen LogP contribution is 2.26. The van der Waals surface area contributed by atoms with Crippen LogP contribution in [0.5, 0.6) is 0 Å². The number of anilines is 2. The maximum Gasteiger partial charge on any atom is 0.259 e. The Kier molecular flexibility index (Phi) is 5.02. The van der Waals surface area contributed by atoms with Crippen LogP contribution < -0.4 is 10.6 Å². The van der Waals surface area contributed by atoms with Gasteiger partial charge in [-0.25, -0.2) is 0 Å². The maximum atomic E-state index is 12.9. The van der Waals surface area contributed by atoms with E-state index < -0.39 is 0 Å². The van der Waals surface area contributed by atoms with Crippen LogP contribution in [0.15, 0.2) is 46.9 Å². The first-order valence-corrected chi connectivity index (χ1v) is 7.76. The van der Waals surface area contributed by atoms with Gasteiger partial charge >= 0.3 is 0 Å². The average Bonchev–Trinajstić information content (AvgIpc) is 2.47. The van der Waals surface area contributed by atoms with Crippen LogP contribution in [0.25, 0.3) is 0 Å². The van der Waals surface area contributed by atoms with Crippen molar-refractivity contribution in [3.63, 3.8) is 0 Å². The summed E-state index contributed by atoms with van der Waals surface area (Å²) in [4.78, 5) is 14.6. The van der Waals surface area contributed by atoms with Gasteiger partial charge in [-0.3, -0.25) is 4.79 Å². The van der Waals surface area contributed by atoms with Gasteiger partial charge in [0, 0.05) is 22.4 Å². The number of carbonyl (C=O) groups is 1. The molecule has 0 heterocycles. The predicted molar refractivity (Wildman–Crippen MR) is 91.7 cm³/mol. The van der Waals surface area contributed by atoms with Gasteiger partial charge in [-0.1, -0.05) is 25.1 Å². The molecule has 0 spiro atoms. The van der Waals surface area contributed by atoms with Gasteiger partial charge in [0.15, 0.2) is 0 Å². The zero-order chi connectivity index (χ0) is 15.4. The maximum absolute atomic E-state index is 12.9. The van der Waals surface area contributed by atoms with Crippen molar-refractivity contribution in [3.8, 4) is 0 Å². The van der Waals surface area contributed by atoms with E-state index in [1.807, 2.05) is 49.4 Å². The molecule has 0 atom stereocenters. The van der Waals surface area contributed by atoms with E-state index >= 15 is 0 Å². The first-order valence-electron chi connectivity index (χ1n) is 6.97. The molecular formula is C17H19BrN2O. The van der Waals surface area contributed by atoms with E-state index in [2.05, 4.69) is 22.9 Å². The SMILES string of the molecule is CCCN(C(=O)c1cccc(C)c1Br)c1cccc(N)c1. The fourth-order valence-electron chi connectivity index (χ4n) is 2.22. The Morgan fingerprint density at radius 1 is 1.24 bits per heavy atom. The van der Waals surface area contributed by atoms with Crippen LogP contribution in [0.3, 0.4) is 0 Å². The molecule has 2 rings (SSSR count). The van der Waals surface area contributed by atoms with Crippen LogP contribution in [0, 0.1) is 6.92 Å². The Balaban J connectivity index is 2.42. The Bertz CT molecular complexity index is 655. The van der Waals surface area contributed by atoms with Crippen molar-refractivity contribution in [3.05, 3.63) is 58.1 Å². The topological polar surface area (TPSA) is 46.3 Å². The molecule has 1 amide bonds. The van der Waals surface area contributed by atoms with Crippen molar-refractivity contribution >= 4 is 33.2 Å². The molecule has 4 heteroatoms. The number of carbonyl (C=O) groups excluding carboxylic acids is 1. The van der Waals surface area contributed by atoms with E-state index in [-0.39, 0.29) is 5.91 Å². The fourth-order valence-corrected chi connectivity index (χ4v) is 2.66. The number of halogens is 1. The number of nitrogen functional groups attached to an aromatic ring is 1. The molecule has 0 aromatic heterocycles. The van der Waals surface area contributed by atoms with Crippen LogP contribution >= 0.6 is 15.9 Å². The minimum absolute atomic E-state index is 0.0157. The first-order chi connectivity index (χ1) is 10.0. The number of hydrogen-bond donors (Lipinski definition) is 1. The van der Waals surface area contributed by atoms with E-state index in [9.17, 15) is 4.79 Å². The van der Waals surface area contributed by atoms with Crippen LogP contribution in [-0.2, 0) is 0 Å². The minimum atomic E-state index is -0.0157. The Morgan fingerprint density at radius 3 is 2.62 bits per heavy atom. The Labute approximate surface area is 133 Å². The van der Waals surface area contributed by atoms with Crippen LogP contribution in [0.2, 0.25) is 0 Å². The second-order valence-corrected chi connectivity index (χ2v) is 5.78. The van der Waals surface area contributed by atoms with Crippen molar-refractivity contribution in [1.29, 1.82) is 0 Å². The number of rotatable bonds is 4.